The van der Waals surface area contributed by atoms with Gasteiger partial charge in [0, 0.05) is 6.20 Å². The number of aryl methyl sites for hydroxylation is 1. The van der Waals surface area contributed by atoms with Gasteiger partial charge in [0.15, 0.2) is 5.65 Å². The molecule has 3 nitrogen and oxygen atoms in total. The fourth-order valence-corrected chi connectivity index (χ4v) is 2.91. The normalized spacial score (nSPS) is 12.2. The summed E-state index contributed by atoms with van der Waals surface area (Å²) < 4.78 is 40.1. The molecule has 0 atom stereocenters. The number of hydrogen-bond acceptors (Lipinski definition) is 2. The Kier molecular flexibility index (Phi) is 4.51. The largest absolute Gasteiger partial charge is 0.416 e. The molecular weight excluding hydrogens is 397 g/mol. The second-order valence-electron chi connectivity index (χ2n) is 5.41. The molecule has 0 aliphatic carbocycles. The third kappa shape index (κ3) is 3.51. The van der Waals surface area contributed by atoms with E-state index < -0.39 is 11.7 Å². The number of imidazole rings is 1. The van der Waals surface area contributed by atoms with Crippen molar-refractivity contribution in [2.24, 2.45) is 0 Å². The number of benzene rings is 1. The van der Waals surface area contributed by atoms with Crippen molar-refractivity contribution in [1.29, 1.82) is 0 Å². The van der Waals surface area contributed by atoms with Crippen LogP contribution in [0.1, 0.15) is 27.3 Å². The predicted octanol–water partition coefficient (Wildman–Crippen LogP) is 5.32. The van der Waals surface area contributed by atoms with E-state index in [-0.39, 0.29) is 5.78 Å². The molecule has 3 aromatic rings. The lowest BCUT2D eigenvalue weighted by atomic mass is 10.1. The number of carbonyl (C=O) groups excluding carboxylic acids is 1. The molecule has 0 unspecified atom stereocenters. The lowest BCUT2D eigenvalue weighted by molar-refractivity contribution is -0.137. The van der Waals surface area contributed by atoms with Gasteiger partial charge in [-0.3, -0.25) is 9.20 Å². The van der Waals surface area contributed by atoms with Crippen LogP contribution >= 0.6 is 15.9 Å². The van der Waals surface area contributed by atoms with E-state index in [2.05, 4.69) is 20.9 Å². The lowest BCUT2D eigenvalue weighted by Gasteiger charge is -2.05. The number of carbonyl (C=O) groups is 1. The monoisotopic (exact) mass is 408 g/mol. The average Bonchev–Trinajstić information content (AvgIpc) is 2.90. The SMILES string of the molecule is Cc1nc2c(Br)cccn2c1C(=O)/C=C/c1ccc(C(F)(F)F)cc1. The van der Waals surface area contributed by atoms with Crippen LogP contribution in [0.25, 0.3) is 11.7 Å². The third-order valence-corrected chi connectivity index (χ3v) is 4.29. The zero-order chi connectivity index (χ0) is 18.2. The van der Waals surface area contributed by atoms with Gasteiger partial charge in [0.1, 0.15) is 5.69 Å². The molecule has 0 amide bonds. The summed E-state index contributed by atoms with van der Waals surface area (Å²) in [6.45, 7) is 1.73. The smallest absolute Gasteiger partial charge is 0.296 e. The van der Waals surface area contributed by atoms with Gasteiger partial charge in [-0.05, 0) is 58.8 Å². The summed E-state index contributed by atoms with van der Waals surface area (Å²) in [5, 5.41) is 0. The maximum atomic E-state index is 12.6. The molecule has 0 N–H and O–H groups in total. The van der Waals surface area contributed by atoms with E-state index in [1.54, 1.807) is 23.6 Å². The van der Waals surface area contributed by atoms with Crippen molar-refractivity contribution in [3.05, 3.63) is 75.7 Å². The van der Waals surface area contributed by atoms with Crippen molar-refractivity contribution in [1.82, 2.24) is 9.38 Å². The van der Waals surface area contributed by atoms with Gasteiger partial charge in [-0.1, -0.05) is 18.2 Å². The highest BCUT2D eigenvalue weighted by atomic mass is 79.9. The van der Waals surface area contributed by atoms with Crippen LogP contribution in [0.4, 0.5) is 13.2 Å². The number of ketones is 1. The first-order chi connectivity index (χ1) is 11.8. The molecule has 0 saturated carbocycles. The highest BCUT2D eigenvalue weighted by molar-refractivity contribution is 9.10. The number of alkyl halides is 3. The van der Waals surface area contributed by atoms with Crippen molar-refractivity contribution < 1.29 is 18.0 Å². The average molecular weight is 409 g/mol. The number of rotatable bonds is 3. The Labute approximate surface area is 149 Å². The predicted molar refractivity (Wildman–Crippen MR) is 92.4 cm³/mol. The van der Waals surface area contributed by atoms with Gasteiger partial charge in [-0.2, -0.15) is 13.2 Å². The maximum Gasteiger partial charge on any atom is 0.416 e. The zero-order valence-electron chi connectivity index (χ0n) is 13.0. The van der Waals surface area contributed by atoms with Crippen LogP contribution in [0, 0.1) is 6.92 Å². The second kappa shape index (κ2) is 6.48. The van der Waals surface area contributed by atoms with Crippen LogP contribution in [0.2, 0.25) is 0 Å². The molecule has 0 fully saturated rings. The van der Waals surface area contributed by atoms with Gasteiger partial charge in [-0.15, -0.1) is 0 Å². The molecule has 0 saturated heterocycles. The molecule has 2 aromatic heterocycles. The number of pyridine rings is 1. The Balaban J connectivity index is 1.89. The third-order valence-electron chi connectivity index (χ3n) is 3.68. The van der Waals surface area contributed by atoms with Gasteiger partial charge < -0.3 is 0 Å². The number of aromatic nitrogens is 2. The van der Waals surface area contributed by atoms with Crippen molar-refractivity contribution in [2.45, 2.75) is 13.1 Å². The highest BCUT2D eigenvalue weighted by Crippen LogP contribution is 2.29. The van der Waals surface area contributed by atoms with Crippen molar-refractivity contribution in [2.75, 3.05) is 0 Å². The first-order valence-electron chi connectivity index (χ1n) is 7.30. The van der Waals surface area contributed by atoms with E-state index in [0.717, 1.165) is 16.6 Å². The Morgan fingerprint density at radius 1 is 1.20 bits per heavy atom. The first kappa shape index (κ1) is 17.4. The van der Waals surface area contributed by atoms with Gasteiger partial charge >= 0.3 is 6.18 Å². The van der Waals surface area contributed by atoms with E-state index in [1.807, 2.05) is 6.07 Å². The Morgan fingerprint density at radius 3 is 2.52 bits per heavy atom. The van der Waals surface area contributed by atoms with E-state index in [9.17, 15) is 18.0 Å². The topological polar surface area (TPSA) is 34.4 Å². The molecule has 2 heterocycles. The van der Waals surface area contributed by atoms with E-state index in [0.29, 0.717) is 22.6 Å². The van der Waals surface area contributed by atoms with Crippen molar-refractivity contribution in [3.8, 4) is 0 Å². The van der Waals surface area contributed by atoms with E-state index in [4.69, 9.17) is 0 Å². The minimum absolute atomic E-state index is 0.275. The summed E-state index contributed by atoms with van der Waals surface area (Å²) in [6.07, 6.45) is 0.178. The number of hydrogen-bond donors (Lipinski definition) is 0. The molecule has 0 spiro atoms. The quantitative estimate of drug-likeness (QED) is 0.434. The molecule has 25 heavy (non-hydrogen) atoms. The zero-order valence-corrected chi connectivity index (χ0v) is 14.6. The summed E-state index contributed by atoms with van der Waals surface area (Å²) in [4.78, 5) is 16.9. The minimum atomic E-state index is -4.38. The fraction of sp³-hybridized carbons (Fsp3) is 0.111. The highest BCUT2D eigenvalue weighted by Gasteiger charge is 2.29. The van der Waals surface area contributed by atoms with Gasteiger partial charge in [0.05, 0.1) is 15.7 Å². The summed E-state index contributed by atoms with van der Waals surface area (Å²) in [6, 6.07) is 8.24. The van der Waals surface area contributed by atoms with E-state index in [1.165, 1.54) is 24.3 Å². The molecular formula is C18H12BrF3N2O. The standard InChI is InChI=1S/C18H12BrF3N2O/c1-11-16(24-10-2-3-14(19)17(24)23-11)15(25)9-6-12-4-7-13(8-5-12)18(20,21)22/h2-10H,1H3/b9-6+. The van der Waals surface area contributed by atoms with Crippen LogP contribution in [0.15, 0.2) is 53.1 Å². The Bertz CT molecular complexity index is 972. The molecule has 1 aromatic carbocycles. The molecule has 0 aliphatic heterocycles. The Morgan fingerprint density at radius 2 is 1.88 bits per heavy atom. The van der Waals surface area contributed by atoms with E-state index >= 15 is 0 Å². The molecule has 3 rings (SSSR count). The number of fused-ring (bicyclic) bond motifs is 1. The molecule has 0 bridgehead atoms. The summed E-state index contributed by atoms with van der Waals surface area (Å²) >= 11 is 3.39. The fourth-order valence-electron chi connectivity index (χ4n) is 2.48. The van der Waals surface area contributed by atoms with Crippen molar-refractivity contribution in [3.63, 3.8) is 0 Å². The van der Waals surface area contributed by atoms with Crippen LogP contribution < -0.4 is 0 Å². The number of halogens is 4. The number of allylic oxidation sites excluding steroid dienone is 1. The van der Waals surface area contributed by atoms with Crippen molar-refractivity contribution >= 4 is 33.4 Å². The second-order valence-corrected chi connectivity index (χ2v) is 6.27. The number of nitrogens with zero attached hydrogens (tertiary/aromatic N) is 2. The van der Waals surface area contributed by atoms with Crippen LogP contribution in [-0.4, -0.2) is 15.2 Å². The van der Waals surface area contributed by atoms with Gasteiger partial charge in [0.25, 0.3) is 0 Å². The van der Waals surface area contributed by atoms with Crippen LogP contribution in [-0.2, 0) is 6.18 Å². The Hall–Kier alpha value is -2.41. The molecule has 0 aliphatic rings. The van der Waals surface area contributed by atoms with Gasteiger partial charge in [-0.25, -0.2) is 4.98 Å². The maximum absolute atomic E-state index is 12.6. The van der Waals surface area contributed by atoms with Crippen LogP contribution in [0.5, 0.6) is 0 Å². The molecule has 0 radical (unpaired) electrons. The minimum Gasteiger partial charge on any atom is -0.296 e. The summed E-state index contributed by atoms with van der Waals surface area (Å²) in [5.74, 6) is -0.275. The molecule has 128 valence electrons. The lowest BCUT2D eigenvalue weighted by Crippen LogP contribution is -2.04. The van der Waals surface area contributed by atoms with Gasteiger partial charge in [0.2, 0.25) is 5.78 Å². The summed E-state index contributed by atoms with van der Waals surface area (Å²) in [5.41, 5.74) is 1.41. The molecule has 7 heteroatoms. The summed E-state index contributed by atoms with van der Waals surface area (Å²) in [7, 11) is 0. The van der Waals surface area contributed by atoms with Crippen LogP contribution in [0.3, 0.4) is 0 Å². The first-order valence-corrected chi connectivity index (χ1v) is 8.09.